The summed E-state index contributed by atoms with van der Waals surface area (Å²) in [5.41, 5.74) is 3.59. The lowest BCUT2D eigenvalue weighted by molar-refractivity contribution is 0.129. The zero-order chi connectivity index (χ0) is 22.4. The molecule has 3 nitrogen and oxygen atoms in total. The lowest BCUT2D eigenvalue weighted by Gasteiger charge is -2.34. The summed E-state index contributed by atoms with van der Waals surface area (Å²) in [6.45, 7) is 4.53. The van der Waals surface area contributed by atoms with Gasteiger partial charge in [0.25, 0.3) is 0 Å². The molecular formula is C27H39NO2S. The number of fused-ring (bicyclic) bond motifs is 1. The van der Waals surface area contributed by atoms with E-state index in [1.165, 1.54) is 41.8 Å². The van der Waals surface area contributed by atoms with Gasteiger partial charge in [-0.05, 0) is 60.7 Å². The van der Waals surface area contributed by atoms with E-state index in [-0.39, 0.29) is 10.7 Å². The standard InChI is InChI=1S/C27H39NO2S/c1-6-8-16-27(17-9-7-2)19-24(29)26(20-10-13-22(30-5)14-11-20)23-18-21(28(3)4)12-15-25(23)31-27/h10-15,18,24,26,29H,6-9,16-17,19H2,1-5H3. The lowest BCUT2D eigenvalue weighted by Crippen LogP contribution is -2.31. The van der Waals surface area contributed by atoms with Crippen molar-refractivity contribution < 1.29 is 9.84 Å². The van der Waals surface area contributed by atoms with Crippen molar-refractivity contribution in [3.05, 3.63) is 53.6 Å². The number of anilines is 1. The molecule has 1 N–H and O–H groups in total. The molecule has 0 bridgehead atoms. The largest absolute Gasteiger partial charge is 0.497 e. The van der Waals surface area contributed by atoms with Crippen LogP contribution in [0.5, 0.6) is 5.75 Å². The normalized spacial score (nSPS) is 20.1. The molecule has 0 amide bonds. The predicted molar refractivity (Wildman–Crippen MR) is 134 cm³/mol. The Bertz CT molecular complexity index is 826. The molecule has 0 aromatic heterocycles. The summed E-state index contributed by atoms with van der Waals surface area (Å²) >= 11 is 2.03. The maximum Gasteiger partial charge on any atom is 0.118 e. The summed E-state index contributed by atoms with van der Waals surface area (Å²) in [5.74, 6) is 0.821. The van der Waals surface area contributed by atoms with E-state index in [0.29, 0.717) is 0 Å². The molecule has 0 spiro atoms. The van der Waals surface area contributed by atoms with Crippen molar-refractivity contribution in [2.45, 2.75) is 80.5 Å². The van der Waals surface area contributed by atoms with Crippen LogP contribution in [0.4, 0.5) is 5.69 Å². The molecule has 2 atom stereocenters. The Morgan fingerprint density at radius 2 is 1.68 bits per heavy atom. The topological polar surface area (TPSA) is 32.7 Å². The van der Waals surface area contributed by atoms with Crippen LogP contribution in [-0.2, 0) is 0 Å². The molecule has 2 unspecified atom stereocenters. The lowest BCUT2D eigenvalue weighted by atomic mass is 9.80. The fourth-order valence-corrected chi connectivity index (χ4v) is 6.43. The van der Waals surface area contributed by atoms with Crippen LogP contribution in [0.3, 0.4) is 0 Å². The molecule has 170 valence electrons. The van der Waals surface area contributed by atoms with Gasteiger partial charge >= 0.3 is 0 Å². The average molecular weight is 442 g/mol. The number of benzene rings is 2. The van der Waals surface area contributed by atoms with Crippen molar-refractivity contribution >= 4 is 17.4 Å². The molecule has 2 aromatic carbocycles. The molecule has 2 aromatic rings. The van der Waals surface area contributed by atoms with Gasteiger partial charge in [-0.15, -0.1) is 11.8 Å². The van der Waals surface area contributed by atoms with Gasteiger partial charge in [-0.1, -0.05) is 51.7 Å². The molecule has 1 heterocycles. The van der Waals surface area contributed by atoms with Gasteiger partial charge in [-0.25, -0.2) is 0 Å². The number of thioether (sulfide) groups is 1. The summed E-state index contributed by atoms with van der Waals surface area (Å²) < 4.78 is 5.47. The Balaban J connectivity index is 2.11. The third-order valence-electron chi connectivity index (χ3n) is 6.58. The van der Waals surface area contributed by atoms with Crippen LogP contribution in [0, 0.1) is 0 Å². The van der Waals surface area contributed by atoms with E-state index in [4.69, 9.17) is 4.74 Å². The second-order valence-corrected chi connectivity index (χ2v) is 10.6. The molecule has 4 heteroatoms. The maximum absolute atomic E-state index is 11.7. The first-order chi connectivity index (χ1) is 14.9. The van der Waals surface area contributed by atoms with Gasteiger partial charge in [-0.3, -0.25) is 0 Å². The molecule has 0 saturated heterocycles. The Labute approximate surface area is 193 Å². The molecule has 0 fully saturated rings. The van der Waals surface area contributed by atoms with E-state index in [2.05, 4.69) is 63.2 Å². The van der Waals surface area contributed by atoms with Crippen LogP contribution in [0.15, 0.2) is 47.4 Å². The minimum Gasteiger partial charge on any atom is -0.497 e. The summed E-state index contributed by atoms with van der Waals surface area (Å²) in [4.78, 5) is 3.48. The number of hydrogen-bond acceptors (Lipinski definition) is 4. The average Bonchev–Trinajstić information content (AvgIpc) is 2.89. The second-order valence-electron chi connectivity index (χ2n) is 9.13. The fraction of sp³-hybridized carbons (Fsp3) is 0.556. The molecule has 0 aliphatic carbocycles. The van der Waals surface area contributed by atoms with Crippen LogP contribution in [0.1, 0.15) is 75.8 Å². The minimum atomic E-state index is -0.409. The predicted octanol–water partition coefficient (Wildman–Crippen LogP) is 6.87. The SMILES string of the molecule is CCCCC1(CCCC)CC(O)C(c2ccc(OC)cc2)c2cc(N(C)C)ccc2S1. The number of methoxy groups -OCH3 is 1. The highest BCUT2D eigenvalue weighted by atomic mass is 32.2. The Morgan fingerprint density at radius 3 is 2.23 bits per heavy atom. The minimum absolute atomic E-state index is 0.0292. The summed E-state index contributed by atoms with van der Waals surface area (Å²) in [6.07, 6.45) is 7.56. The summed E-state index contributed by atoms with van der Waals surface area (Å²) in [5, 5.41) is 11.7. The summed E-state index contributed by atoms with van der Waals surface area (Å²) in [6, 6.07) is 15.1. The third-order valence-corrected chi connectivity index (χ3v) is 8.18. The van der Waals surface area contributed by atoms with Gasteiger partial charge in [0, 0.05) is 35.3 Å². The van der Waals surface area contributed by atoms with Crippen LogP contribution in [0.2, 0.25) is 0 Å². The first kappa shape index (κ1) is 24.0. The summed E-state index contributed by atoms with van der Waals surface area (Å²) in [7, 11) is 5.86. The molecule has 3 rings (SSSR count). The first-order valence-corrected chi connectivity index (χ1v) is 12.6. The van der Waals surface area contributed by atoms with E-state index in [0.717, 1.165) is 30.6 Å². The van der Waals surface area contributed by atoms with Gasteiger partial charge < -0.3 is 14.7 Å². The number of nitrogens with zero attached hydrogens (tertiary/aromatic N) is 1. The molecular weight excluding hydrogens is 402 g/mol. The van der Waals surface area contributed by atoms with Crippen molar-refractivity contribution in [2.24, 2.45) is 0 Å². The molecule has 0 radical (unpaired) electrons. The van der Waals surface area contributed by atoms with E-state index in [9.17, 15) is 5.11 Å². The van der Waals surface area contributed by atoms with Crippen molar-refractivity contribution in [2.75, 3.05) is 26.1 Å². The molecule has 0 saturated carbocycles. The van der Waals surface area contributed by atoms with Crippen molar-refractivity contribution in [1.29, 1.82) is 0 Å². The van der Waals surface area contributed by atoms with E-state index < -0.39 is 6.10 Å². The van der Waals surface area contributed by atoms with Crippen LogP contribution >= 0.6 is 11.8 Å². The number of aliphatic hydroxyl groups is 1. The Hall–Kier alpha value is -1.65. The zero-order valence-corrected chi connectivity index (χ0v) is 20.7. The van der Waals surface area contributed by atoms with E-state index in [1.807, 2.05) is 23.9 Å². The Morgan fingerprint density at radius 1 is 1.03 bits per heavy atom. The fourth-order valence-electron chi connectivity index (χ4n) is 4.77. The molecule has 1 aliphatic heterocycles. The first-order valence-electron chi connectivity index (χ1n) is 11.8. The van der Waals surface area contributed by atoms with Crippen LogP contribution in [-0.4, -0.2) is 37.2 Å². The molecule has 31 heavy (non-hydrogen) atoms. The number of aliphatic hydroxyl groups excluding tert-OH is 1. The van der Waals surface area contributed by atoms with Gasteiger partial charge in [0.05, 0.1) is 13.2 Å². The number of rotatable bonds is 9. The van der Waals surface area contributed by atoms with Gasteiger partial charge in [-0.2, -0.15) is 0 Å². The van der Waals surface area contributed by atoms with Gasteiger partial charge in [0.2, 0.25) is 0 Å². The van der Waals surface area contributed by atoms with Crippen molar-refractivity contribution in [1.82, 2.24) is 0 Å². The number of unbranched alkanes of at least 4 members (excludes halogenated alkanes) is 2. The number of ether oxygens (including phenoxy) is 1. The van der Waals surface area contributed by atoms with Crippen LogP contribution in [0.25, 0.3) is 0 Å². The smallest absolute Gasteiger partial charge is 0.118 e. The van der Waals surface area contributed by atoms with Crippen LogP contribution < -0.4 is 9.64 Å². The third kappa shape index (κ3) is 5.59. The Kier molecular flexibility index (Phi) is 8.35. The highest BCUT2D eigenvalue weighted by molar-refractivity contribution is 8.00. The zero-order valence-electron chi connectivity index (χ0n) is 19.9. The van der Waals surface area contributed by atoms with Gasteiger partial charge in [0.1, 0.15) is 5.75 Å². The van der Waals surface area contributed by atoms with Crippen molar-refractivity contribution in [3.63, 3.8) is 0 Å². The quantitative estimate of drug-likeness (QED) is 0.460. The van der Waals surface area contributed by atoms with E-state index in [1.54, 1.807) is 7.11 Å². The van der Waals surface area contributed by atoms with E-state index >= 15 is 0 Å². The highest BCUT2D eigenvalue weighted by Gasteiger charge is 2.41. The number of hydrogen-bond donors (Lipinski definition) is 1. The maximum atomic E-state index is 11.7. The molecule has 1 aliphatic rings. The highest BCUT2D eigenvalue weighted by Crippen LogP contribution is 2.52. The monoisotopic (exact) mass is 441 g/mol. The van der Waals surface area contributed by atoms with Crippen molar-refractivity contribution in [3.8, 4) is 5.75 Å². The second kappa shape index (κ2) is 10.8. The van der Waals surface area contributed by atoms with Gasteiger partial charge in [0.15, 0.2) is 0 Å².